The molecular formula is C20H15N3O3S2. The number of rotatable bonds is 4. The standard InChI is InChI=1S/C20H15N3O3S2/c1-21-19(24)18(28-20(21)27)10-14-12-22(17-9-5-3-7-15(14)17)11-13-6-2-4-8-16(13)23(25)26/h2-10,12H,11H2,1H3/b18-10-. The van der Waals surface area contributed by atoms with Crippen LogP contribution in [0.3, 0.4) is 0 Å². The third-order valence-electron chi connectivity index (χ3n) is 4.62. The number of nitrogens with zero attached hydrogens (tertiary/aromatic N) is 3. The fourth-order valence-corrected chi connectivity index (χ4v) is 4.38. The first-order valence-corrected chi connectivity index (χ1v) is 9.70. The molecule has 28 heavy (non-hydrogen) atoms. The van der Waals surface area contributed by atoms with E-state index in [1.54, 1.807) is 25.2 Å². The van der Waals surface area contributed by atoms with Crippen molar-refractivity contribution >= 4 is 56.9 Å². The first-order valence-electron chi connectivity index (χ1n) is 8.47. The fraction of sp³-hybridized carbons (Fsp3) is 0.100. The molecule has 140 valence electrons. The van der Waals surface area contributed by atoms with Crippen LogP contribution in [0.25, 0.3) is 17.0 Å². The van der Waals surface area contributed by atoms with Gasteiger partial charge in [0.2, 0.25) is 0 Å². The molecule has 1 aliphatic rings. The van der Waals surface area contributed by atoms with Gasteiger partial charge in [0, 0.05) is 41.3 Å². The van der Waals surface area contributed by atoms with E-state index < -0.39 is 0 Å². The van der Waals surface area contributed by atoms with Crippen molar-refractivity contribution in [2.75, 3.05) is 7.05 Å². The minimum Gasteiger partial charge on any atom is -0.342 e. The van der Waals surface area contributed by atoms with Gasteiger partial charge in [-0.3, -0.25) is 19.8 Å². The Kier molecular flexibility index (Phi) is 4.74. The summed E-state index contributed by atoms with van der Waals surface area (Å²) in [4.78, 5) is 25.3. The molecule has 2 aromatic carbocycles. The van der Waals surface area contributed by atoms with Crippen molar-refractivity contribution in [1.29, 1.82) is 0 Å². The predicted octanol–water partition coefficient (Wildman–Crippen LogP) is 4.43. The topological polar surface area (TPSA) is 68.4 Å². The van der Waals surface area contributed by atoms with Gasteiger partial charge < -0.3 is 4.57 Å². The number of thioether (sulfide) groups is 1. The summed E-state index contributed by atoms with van der Waals surface area (Å²) in [7, 11) is 1.66. The Bertz CT molecular complexity index is 1170. The Morgan fingerprint density at radius 3 is 2.61 bits per heavy atom. The number of thiocarbonyl (C=S) groups is 1. The third kappa shape index (κ3) is 3.21. The zero-order valence-corrected chi connectivity index (χ0v) is 16.5. The summed E-state index contributed by atoms with van der Waals surface area (Å²) in [6.45, 7) is 0.361. The van der Waals surface area contributed by atoms with Gasteiger partial charge in [-0.15, -0.1) is 0 Å². The van der Waals surface area contributed by atoms with Crippen LogP contribution < -0.4 is 0 Å². The van der Waals surface area contributed by atoms with Crippen LogP contribution in [0.4, 0.5) is 5.69 Å². The normalized spacial score (nSPS) is 15.8. The summed E-state index contributed by atoms with van der Waals surface area (Å²) in [5.41, 5.74) is 2.54. The molecule has 0 atom stereocenters. The molecule has 1 fully saturated rings. The van der Waals surface area contributed by atoms with E-state index in [9.17, 15) is 14.9 Å². The number of fused-ring (bicyclic) bond motifs is 1. The number of carbonyl (C=O) groups excluding carboxylic acids is 1. The molecule has 1 amide bonds. The minimum atomic E-state index is -0.367. The number of hydrogen-bond acceptors (Lipinski definition) is 5. The second-order valence-corrected chi connectivity index (χ2v) is 8.03. The zero-order chi connectivity index (χ0) is 19.8. The molecule has 8 heteroatoms. The highest BCUT2D eigenvalue weighted by atomic mass is 32.2. The van der Waals surface area contributed by atoms with Crippen LogP contribution in [0.1, 0.15) is 11.1 Å². The Labute approximate surface area is 170 Å². The molecule has 2 heterocycles. The minimum absolute atomic E-state index is 0.0914. The van der Waals surface area contributed by atoms with Crippen LogP contribution in [-0.2, 0) is 11.3 Å². The first-order chi connectivity index (χ1) is 13.5. The van der Waals surface area contributed by atoms with E-state index in [1.807, 2.05) is 41.1 Å². The molecule has 0 bridgehead atoms. The number of aromatic nitrogens is 1. The molecule has 4 rings (SSSR count). The number of hydrogen-bond donors (Lipinski definition) is 0. The Morgan fingerprint density at radius 2 is 1.89 bits per heavy atom. The number of nitro benzene ring substituents is 1. The van der Waals surface area contributed by atoms with Gasteiger partial charge >= 0.3 is 0 Å². The van der Waals surface area contributed by atoms with Crippen LogP contribution in [0.15, 0.2) is 59.6 Å². The summed E-state index contributed by atoms with van der Waals surface area (Å²) in [6, 6.07) is 14.5. The monoisotopic (exact) mass is 409 g/mol. The van der Waals surface area contributed by atoms with Crippen molar-refractivity contribution in [2.24, 2.45) is 0 Å². The smallest absolute Gasteiger partial charge is 0.274 e. The molecule has 1 aliphatic heterocycles. The molecular weight excluding hydrogens is 394 g/mol. The van der Waals surface area contributed by atoms with Gasteiger partial charge in [-0.25, -0.2) is 0 Å². The van der Waals surface area contributed by atoms with Crippen molar-refractivity contribution in [3.63, 3.8) is 0 Å². The van der Waals surface area contributed by atoms with Gasteiger partial charge in [-0.2, -0.15) is 0 Å². The van der Waals surface area contributed by atoms with Gasteiger partial charge in [0.15, 0.2) is 0 Å². The fourth-order valence-electron chi connectivity index (χ4n) is 3.21. The average molecular weight is 409 g/mol. The van der Waals surface area contributed by atoms with Crippen molar-refractivity contribution in [2.45, 2.75) is 6.54 Å². The number of benzene rings is 2. The first kappa shape index (κ1) is 18.4. The van der Waals surface area contributed by atoms with Crippen LogP contribution in [0.5, 0.6) is 0 Å². The van der Waals surface area contributed by atoms with Crippen molar-refractivity contribution in [3.05, 3.63) is 80.9 Å². The van der Waals surface area contributed by atoms with E-state index in [0.29, 0.717) is 21.3 Å². The molecule has 0 saturated carbocycles. The molecule has 0 spiro atoms. The van der Waals surface area contributed by atoms with E-state index in [-0.39, 0.29) is 16.5 Å². The Hall–Kier alpha value is -2.97. The average Bonchev–Trinajstić information content (AvgIpc) is 3.15. The second kappa shape index (κ2) is 7.21. The number of carbonyl (C=O) groups is 1. The molecule has 0 aliphatic carbocycles. The van der Waals surface area contributed by atoms with Gasteiger partial charge in [-0.05, 0) is 12.1 Å². The summed E-state index contributed by atoms with van der Waals surface area (Å²) in [5.74, 6) is -0.120. The van der Waals surface area contributed by atoms with Gasteiger partial charge in [0.25, 0.3) is 11.6 Å². The van der Waals surface area contributed by atoms with Crippen LogP contribution in [-0.4, -0.2) is 31.7 Å². The summed E-state index contributed by atoms with van der Waals surface area (Å²) in [5, 5.41) is 12.3. The molecule has 6 nitrogen and oxygen atoms in total. The van der Waals surface area contributed by atoms with E-state index in [4.69, 9.17) is 12.2 Å². The predicted molar refractivity (Wildman–Crippen MR) is 115 cm³/mol. The quantitative estimate of drug-likeness (QED) is 0.276. The Balaban J connectivity index is 1.79. The number of para-hydroxylation sites is 2. The van der Waals surface area contributed by atoms with Gasteiger partial charge in [-0.1, -0.05) is 60.4 Å². The van der Waals surface area contributed by atoms with Crippen LogP contribution in [0.2, 0.25) is 0 Å². The SMILES string of the molecule is CN1C(=O)/C(=C/c2cn(Cc3ccccc3[N+](=O)[O-])c3ccccc23)SC1=S. The molecule has 1 aromatic heterocycles. The lowest BCUT2D eigenvalue weighted by atomic mass is 10.1. The van der Waals surface area contributed by atoms with E-state index >= 15 is 0 Å². The highest BCUT2D eigenvalue weighted by molar-refractivity contribution is 8.26. The number of amides is 1. The molecule has 0 N–H and O–H groups in total. The number of nitro groups is 1. The summed E-state index contributed by atoms with van der Waals surface area (Å²) >= 11 is 6.47. The van der Waals surface area contributed by atoms with E-state index in [0.717, 1.165) is 16.5 Å². The van der Waals surface area contributed by atoms with Crippen molar-refractivity contribution in [1.82, 2.24) is 9.47 Å². The maximum atomic E-state index is 12.3. The van der Waals surface area contributed by atoms with Crippen molar-refractivity contribution < 1.29 is 9.72 Å². The lowest BCUT2D eigenvalue weighted by Crippen LogP contribution is -2.22. The highest BCUT2D eigenvalue weighted by Gasteiger charge is 2.29. The highest BCUT2D eigenvalue weighted by Crippen LogP contribution is 2.34. The maximum absolute atomic E-state index is 12.3. The molecule has 0 radical (unpaired) electrons. The van der Waals surface area contributed by atoms with Gasteiger partial charge in [0.05, 0.1) is 16.4 Å². The lowest BCUT2D eigenvalue weighted by Gasteiger charge is -2.06. The van der Waals surface area contributed by atoms with E-state index in [2.05, 4.69) is 0 Å². The molecule has 0 unspecified atom stereocenters. The van der Waals surface area contributed by atoms with Crippen LogP contribution in [0, 0.1) is 10.1 Å². The largest absolute Gasteiger partial charge is 0.342 e. The molecule has 3 aromatic rings. The second-order valence-electron chi connectivity index (χ2n) is 6.36. The Morgan fingerprint density at radius 1 is 1.18 bits per heavy atom. The molecule has 1 saturated heterocycles. The number of likely N-dealkylation sites (N-methyl/N-ethyl adjacent to an activating group) is 1. The van der Waals surface area contributed by atoms with Crippen molar-refractivity contribution in [3.8, 4) is 0 Å². The summed E-state index contributed by atoms with van der Waals surface area (Å²) < 4.78 is 2.50. The lowest BCUT2D eigenvalue weighted by molar-refractivity contribution is -0.385. The zero-order valence-electron chi connectivity index (χ0n) is 14.9. The van der Waals surface area contributed by atoms with Crippen LogP contribution >= 0.6 is 24.0 Å². The van der Waals surface area contributed by atoms with Gasteiger partial charge in [0.1, 0.15) is 4.32 Å². The summed E-state index contributed by atoms with van der Waals surface area (Å²) in [6.07, 6.45) is 3.75. The maximum Gasteiger partial charge on any atom is 0.274 e. The third-order valence-corrected chi connectivity index (χ3v) is 6.11. The van der Waals surface area contributed by atoms with E-state index in [1.165, 1.54) is 22.7 Å².